The van der Waals surface area contributed by atoms with Crippen LogP contribution in [0, 0.1) is 10.1 Å². The topological polar surface area (TPSA) is 89.5 Å². The molecule has 0 spiro atoms. The van der Waals surface area contributed by atoms with Crippen molar-refractivity contribution in [3.8, 4) is 0 Å². The summed E-state index contributed by atoms with van der Waals surface area (Å²) in [5, 5.41) is 10.8. The molecule has 1 saturated heterocycles. The van der Waals surface area contributed by atoms with Gasteiger partial charge in [-0.25, -0.2) is 0 Å². The summed E-state index contributed by atoms with van der Waals surface area (Å²) in [6.07, 6.45) is 2.87. The number of piperidine rings is 1. The highest BCUT2D eigenvalue weighted by atomic mass is 35.5. The van der Waals surface area contributed by atoms with Gasteiger partial charge in [-0.2, -0.15) is 0 Å². The molecule has 1 amide bonds. The van der Waals surface area contributed by atoms with Gasteiger partial charge in [0.2, 0.25) is 0 Å². The van der Waals surface area contributed by atoms with E-state index >= 15 is 0 Å². The number of hydrogen-bond donors (Lipinski definition) is 1. The van der Waals surface area contributed by atoms with E-state index in [1.807, 2.05) is 0 Å². The number of hydrogen-bond acceptors (Lipinski definition) is 4. The van der Waals surface area contributed by atoms with Gasteiger partial charge < -0.3 is 10.6 Å². The van der Waals surface area contributed by atoms with Crippen molar-refractivity contribution < 1.29 is 9.72 Å². The third-order valence-corrected chi connectivity index (χ3v) is 3.87. The first kappa shape index (κ1) is 14.7. The first-order chi connectivity index (χ1) is 9.54. The molecular formula is C13H16ClN3O3. The van der Waals surface area contributed by atoms with Gasteiger partial charge in [-0.3, -0.25) is 14.9 Å². The largest absolute Gasteiger partial charge is 0.334 e. The van der Waals surface area contributed by atoms with E-state index in [0.29, 0.717) is 13.1 Å². The quantitative estimate of drug-likeness (QED) is 0.684. The minimum atomic E-state index is -0.538. The van der Waals surface area contributed by atoms with Crippen molar-refractivity contribution in [3.05, 3.63) is 38.9 Å². The molecule has 1 fully saturated rings. The second-order valence-electron chi connectivity index (χ2n) is 4.81. The van der Waals surface area contributed by atoms with Crippen molar-refractivity contribution in [1.82, 2.24) is 4.90 Å². The maximum absolute atomic E-state index is 12.5. The summed E-state index contributed by atoms with van der Waals surface area (Å²) in [6.45, 7) is 1.06. The van der Waals surface area contributed by atoms with Crippen LogP contribution >= 0.6 is 11.6 Å². The molecule has 0 saturated carbocycles. The van der Waals surface area contributed by atoms with Crippen LogP contribution < -0.4 is 5.73 Å². The number of nitrogens with two attached hydrogens (primary N) is 1. The molecule has 1 aromatic rings. The van der Waals surface area contributed by atoms with Crippen LogP contribution in [0.2, 0.25) is 5.02 Å². The van der Waals surface area contributed by atoms with Crippen LogP contribution in [0.5, 0.6) is 0 Å². The number of carbonyl (C=O) groups excluding carboxylic acids is 1. The molecule has 2 rings (SSSR count). The van der Waals surface area contributed by atoms with E-state index in [1.165, 1.54) is 18.2 Å². The number of likely N-dealkylation sites (tertiary alicyclic amines) is 1. The Bertz CT molecular complexity index is 536. The molecule has 1 heterocycles. The number of rotatable bonds is 3. The molecule has 0 bridgehead atoms. The Labute approximate surface area is 121 Å². The summed E-state index contributed by atoms with van der Waals surface area (Å²) in [7, 11) is 0. The van der Waals surface area contributed by atoms with Gasteiger partial charge in [-0.05, 0) is 25.3 Å². The average molecular weight is 298 g/mol. The summed E-state index contributed by atoms with van der Waals surface area (Å²) in [5.41, 5.74) is 5.86. The predicted octanol–water partition coefficient (Wildman–Crippen LogP) is 2.20. The number of amides is 1. The highest BCUT2D eigenvalue weighted by Crippen LogP contribution is 2.26. The minimum absolute atomic E-state index is 0.0162. The first-order valence-electron chi connectivity index (χ1n) is 6.49. The normalized spacial score (nSPS) is 18.9. The molecule has 0 aromatic heterocycles. The molecule has 108 valence electrons. The van der Waals surface area contributed by atoms with E-state index in [1.54, 1.807) is 4.90 Å². The number of benzene rings is 1. The minimum Gasteiger partial charge on any atom is -0.334 e. The number of halogens is 1. The van der Waals surface area contributed by atoms with E-state index in [-0.39, 0.29) is 28.2 Å². The lowest BCUT2D eigenvalue weighted by molar-refractivity contribution is -0.384. The zero-order valence-electron chi connectivity index (χ0n) is 10.9. The van der Waals surface area contributed by atoms with Gasteiger partial charge in [0.25, 0.3) is 11.6 Å². The average Bonchev–Trinajstić information content (AvgIpc) is 2.46. The third-order valence-electron chi connectivity index (χ3n) is 3.55. The number of non-ortho nitro benzene ring substituents is 1. The number of nitro groups is 1. The lowest BCUT2D eigenvalue weighted by atomic mass is 10.0. The van der Waals surface area contributed by atoms with Crippen molar-refractivity contribution in [1.29, 1.82) is 0 Å². The van der Waals surface area contributed by atoms with Gasteiger partial charge in [0, 0.05) is 31.3 Å². The third kappa shape index (κ3) is 2.91. The molecule has 1 aliphatic heterocycles. The number of nitro benzene ring substituents is 1. The summed E-state index contributed by atoms with van der Waals surface area (Å²) >= 11 is 6.00. The maximum Gasteiger partial charge on any atom is 0.270 e. The highest BCUT2D eigenvalue weighted by molar-refractivity contribution is 6.34. The molecule has 1 atom stereocenters. The number of carbonyl (C=O) groups is 1. The fourth-order valence-electron chi connectivity index (χ4n) is 2.46. The molecule has 1 aliphatic rings. The molecule has 2 N–H and O–H groups in total. The zero-order valence-corrected chi connectivity index (χ0v) is 11.7. The van der Waals surface area contributed by atoms with Crippen LogP contribution in [0.3, 0.4) is 0 Å². The Hall–Kier alpha value is -1.66. The van der Waals surface area contributed by atoms with Crippen LogP contribution in [-0.2, 0) is 0 Å². The fraction of sp³-hybridized carbons (Fsp3) is 0.462. The van der Waals surface area contributed by atoms with Crippen molar-refractivity contribution >= 4 is 23.2 Å². The van der Waals surface area contributed by atoms with E-state index in [4.69, 9.17) is 17.3 Å². The van der Waals surface area contributed by atoms with Crippen LogP contribution in [0.15, 0.2) is 18.2 Å². The molecule has 1 unspecified atom stereocenters. The first-order valence-corrected chi connectivity index (χ1v) is 6.87. The van der Waals surface area contributed by atoms with Gasteiger partial charge in [0.1, 0.15) is 0 Å². The molecular weight excluding hydrogens is 282 g/mol. The van der Waals surface area contributed by atoms with Crippen LogP contribution in [0.25, 0.3) is 0 Å². The van der Waals surface area contributed by atoms with Gasteiger partial charge in [0.15, 0.2) is 0 Å². The Balaban J connectivity index is 2.26. The lowest BCUT2D eigenvalue weighted by Gasteiger charge is -2.35. The SMILES string of the molecule is NCC1CCCCN1C(=O)c1ccc([N+](=O)[O-])cc1Cl. The molecule has 20 heavy (non-hydrogen) atoms. The Morgan fingerprint density at radius 1 is 1.50 bits per heavy atom. The zero-order chi connectivity index (χ0) is 14.7. The van der Waals surface area contributed by atoms with Gasteiger partial charge in [-0.15, -0.1) is 0 Å². The van der Waals surface area contributed by atoms with Crippen molar-refractivity contribution in [3.63, 3.8) is 0 Å². The second kappa shape index (κ2) is 6.19. The smallest absolute Gasteiger partial charge is 0.270 e. The lowest BCUT2D eigenvalue weighted by Crippen LogP contribution is -2.47. The van der Waals surface area contributed by atoms with Crippen LogP contribution in [0.4, 0.5) is 5.69 Å². The summed E-state index contributed by atoms with van der Waals surface area (Å²) in [6, 6.07) is 3.92. The molecule has 1 aromatic carbocycles. The summed E-state index contributed by atoms with van der Waals surface area (Å²) in [4.78, 5) is 24.3. The molecule has 0 radical (unpaired) electrons. The molecule has 6 nitrogen and oxygen atoms in total. The number of nitrogens with zero attached hydrogens (tertiary/aromatic N) is 2. The summed E-state index contributed by atoms with van der Waals surface area (Å²) < 4.78 is 0. The summed E-state index contributed by atoms with van der Waals surface area (Å²) in [5.74, 6) is -0.208. The Morgan fingerprint density at radius 3 is 2.85 bits per heavy atom. The van der Waals surface area contributed by atoms with Crippen molar-refractivity contribution in [2.75, 3.05) is 13.1 Å². The van der Waals surface area contributed by atoms with Crippen molar-refractivity contribution in [2.24, 2.45) is 5.73 Å². The Kier molecular flexibility index (Phi) is 4.57. The molecule has 0 aliphatic carbocycles. The van der Waals surface area contributed by atoms with E-state index < -0.39 is 4.92 Å². The van der Waals surface area contributed by atoms with Crippen molar-refractivity contribution in [2.45, 2.75) is 25.3 Å². The van der Waals surface area contributed by atoms with Gasteiger partial charge >= 0.3 is 0 Å². The fourth-order valence-corrected chi connectivity index (χ4v) is 2.71. The monoisotopic (exact) mass is 297 g/mol. The predicted molar refractivity (Wildman–Crippen MR) is 75.8 cm³/mol. The van der Waals surface area contributed by atoms with E-state index in [2.05, 4.69) is 0 Å². The van der Waals surface area contributed by atoms with E-state index in [9.17, 15) is 14.9 Å². The maximum atomic E-state index is 12.5. The van der Waals surface area contributed by atoms with Crippen LogP contribution in [0.1, 0.15) is 29.6 Å². The second-order valence-corrected chi connectivity index (χ2v) is 5.21. The standard InChI is InChI=1S/C13H16ClN3O3/c14-12-7-9(17(19)20)4-5-11(12)13(18)16-6-2-1-3-10(16)8-15/h4-5,7,10H,1-3,6,8,15H2. The van der Waals surface area contributed by atoms with Gasteiger partial charge in [0.05, 0.1) is 15.5 Å². The highest BCUT2D eigenvalue weighted by Gasteiger charge is 2.28. The Morgan fingerprint density at radius 2 is 2.25 bits per heavy atom. The van der Waals surface area contributed by atoms with E-state index in [0.717, 1.165) is 19.3 Å². The molecule has 7 heteroatoms. The van der Waals surface area contributed by atoms with Gasteiger partial charge in [-0.1, -0.05) is 11.6 Å². The van der Waals surface area contributed by atoms with Crippen LogP contribution in [-0.4, -0.2) is 34.9 Å².